The van der Waals surface area contributed by atoms with Gasteiger partial charge < -0.3 is 10.8 Å². The van der Waals surface area contributed by atoms with Crippen LogP contribution in [0.15, 0.2) is 115 Å². The first-order valence-corrected chi connectivity index (χ1v) is 10.6. The third-order valence-electron chi connectivity index (χ3n) is 6.21. The van der Waals surface area contributed by atoms with Crippen molar-refractivity contribution in [1.29, 1.82) is 0 Å². The molecule has 1 atom stereocenters. The van der Waals surface area contributed by atoms with E-state index in [9.17, 15) is 5.11 Å². The third-order valence-corrected chi connectivity index (χ3v) is 6.21. The lowest BCUT2D eigenvalue weighted by molar-refractivity contribution is 0.0519. The van der Waals surface area contributed by atoms with E-state index < -0.39 is 11.6 Å². The molecule has 5 rings (SSSR count). The quantitative estimate of drug-likeness (QED) is 0.390. The molecule has 0 aromatic heterocycles. The molecule has 0 aliphatic rings. The monoisotopic (exact) mass is 403 g/mol. The van der Waals surface area contributed by atoms with Gasteiger partial charge in [-0.05, 0) is 56.8 Å². The Bertz CT molecular complexity index is 1260. The molecule has 0 amide bonds. The van der Waals surface area contributed by atoms with Gasteiger partial charge in [-0.1, -0.05) is 103 Å². The van der Waals surface area contributed by atoms with Gasteiger partial charge in [0.15, 0.2) is 0 Å². The highest BCUT2D eigenvalue weighted by atomic mass is 16.3. The van der Waals surface area contributed by atoms with Crippen LogP contribution in [-0.4, -0.2) is 11.1 Å². The van der Waals surface area contributed by atoms with Gasteiger partial charge in [0.05, 0.1) is 0 Å². The molecule has 3 N–H and O–H groups in total. The van der Waals surface area contributed by atoms with Crippen molar-refractivity contribution in [2.45, 2.75) is 18.1 Å². The van der Waals surface area contributed by atoms with Crippen LogP contribution in [0.5, 0.6) is 0 Å². The molecule has 5 aromatic carbocycles. The fourth-order valence-corrected chi connectivity index (χ4v) is 4.46. The van der Waals surface area contributed by atoms with Gasteiger partial charge in [0.25, 0.3) is 0 Å². The normalized spacial score (nSPS) is 12.8. The Morgan fingerprint density at radius 3 is 1.55 bits per heavy atom. The van der Waals surface area contributed by atoms with Crippen molar-refractivity contribution in [3.8, 4) is 0 Å². The molecule has 0 radical (unpaired) electrons. The number of hydrogen-bond acceptors (Lipinski definition) is 2. The van der Waals surface area contributed by atoms with Crippen LogP contribution in [0.2, 0.25) is 0 Å². The largest absolute Gasteiger partial charge is 0.379 e. The molecule has 2 heteroatoms. The summed E-state index contributed by atoms with van der Waals surface area (Å²) in [6.45, 7) is 0. The summed E-state index contributed by atoms with van der Waals surface area (Å²) in [6, 6.07) is 38.3. The van der Waals surface area contributed by atoms with Gasteiger partial charge in [-0.25, -0.2) is 0 Å². The van der Waals surface area contributed by atoms with Crippen molar-refractivity contribution in [3.05, 3.63) is 132 Å². The van der Waals surface area contributed by atoms with Crippen molar-refractivity contribution in [2.75, 3.05) is 0 Å². The van der Waals surface area contributed by atoms with E-state index in [2.05, 4.69) is 60.7 Å². The predicted octanol–water partition coefficient (Wildman–Crippen LogP) is 5.80. The van der Waals surface area contributed by atoms with Crippen molar-refractivity contribution < 1.29 is 5.11 Å². The first-order valence-electron chi connectivity index (χ1n) is 10.6. The lowest BCUT2D eigenvalue weighted by Gasteiger charge is -2.36. The summed E-state index contributed by atoms with van der Waals surface area (Å²) in [6.07, 6.45) is 0.566. The minimum atomic E-state index is -1.33. The minimum Gasteiger partial charge on any atom is -0.379 e. The number of aliphatic hydroxyl groups is 1. The predicted molar refractivity (Wildman–Crippen MR) is 129 cm³/mol. The molecule has 2 nitrogen and oxygen atoms in total. The van der Waals surface area contributed by atoms with E-state index in [4.69, 9.17) is 5.73 Å². The van der Waals surface area contributed by atoms with E-state index in [1.807, 2.05) is 54.6 Å². The maximum absolute atomic E-state index is 12.3. The van der Waals surface area contributed by atoms with Crippen LogP contribution in [-0.2, 0) is 12.0 Å². The fraction of sp³-hybridized carbons (Fsp3) is 0.103. The second kappa shape index (κ2) is 7.99. The average Bonchev–Trinajstić information content (AvgIpc) is 2.83. The molecule has 31 heavy (non-hydrogen) atoms. The lowest BCUT2D eigenvalue weighted by atomic mass is 9.77. The number of fused-ring (bicyclic) bond motifs is 2. The molecular formula is C29H25NO. The highest BCUT2D eigenvalue weighted by Gasteiger charge is 2.38. The Morgan fingerprint density at radius 1 is 0.581 bits per heavy atom. The SMILES string of the molecule is N[C@@H](Cc1ccccc1)C(O)(c1ccc2ccccc2c1)c1ccc2ccccc2c1. The summed E-state index contributed by atoms with van der Waals surface area (Å²) in [5.41, 5.74) is 8.18. The summed E-state index contributed by atoms with van der Waals surface area (Å²) in [4.78, 5) is 0. The van der Waals surface area contributed by atoms with Gasteiger partial charge >= 0.3 is 0 Å². The zero-order valence-electron chi connectivity index (χ0n) is 17.3. The molecule has 0 saturated carbocycles. The highest BCUT2D eigenvalue weighted by Crippen LogP contribution is 2.36. The molecule has 0 unspecified atom stereocenters. The molecule has 0 spiro atoms. The number of benzene rings is 5. The van der Waals surface area contributed by atoms with Crippen molar-refractivity contribution in [2.24, 2.45) is 5.73 Å². The van der Waals surface area contributed by atoms with Crippen LogP contribution >= 0.6 is 0 Å². The van der Waals surface area contributed by atoms with Gasteiger partial charge in [0.2, 0.25) is 0 Å². The standard InChI is InChI=1S/C29H25NO/c30-28(18-21-8-2-1-3-9-21)29(31,26-16-14-22-10-4-6-12-24(22)19-26)27-17-15-23-11-5-7-13-25(23)20-27/h1-17,19-20,28,31H,18,30H2/t28-/m0/s1. The van der Waals surface area contributed by atoms with Crippen LogP contribution in [0.25, 0.3) is 21.5 Å². The van der Waals surface area contributed by atoms with Crippen molar-refractivity contribution in [1.82, 2.24) is 0 Å². The topological polar surface area (TPSA) is 46.2 Å². The second-order valence-electron chi connectivity index (χ2n) is 8.19. The number of hydrogen-bond donors (Lipinski definition) is 2. The molecule has 0 aliphatic heterocycles. The Labute approximate surface area is 182 Å². The maximum atomic E-state index is 12.3. The maximum Gasteiger partial charge on any atom is 0.130 e. The van der Waals surface area contributed by atoms with Crippen molar-refractivity contribution in [3.63, 3.8) is 0 Å². The van der Waals surface area contributed by atoms with E-state index in [1.54, 1.807) is 0 Å². The highest BCUT2D eigenvalue weighted by molar-refractivity contribution is 5.85. The van der Waals surface area contributed by atoms with Crippen LogP contribution in [0.4, 0.5) is 0 Å². The lowest BCUT2D eigenvalue weighted by Crippen LogP contribution is -2.47. The Hall–Kier alpha value is -3.46. The summed E-state index contributed by atoms with van der Waals surface area (Å²) in [5.74, 6) is 0. The average molecular weight is 404 g/mol. The summed E-state index contributed by atoms with van der Waals surface area (Å²) >= 11 is 0. The summed E-state index contributed by atoms with van der Waals surface area (Å²) in [7, 11) is 0. The molecule has 0 saturated heterocycles. The minimum absolute atomic E-state index is 0.516. The first-order chi connectivity index (χ1) is 15.1. The smallest absolute Gasteiger partial charge is 0.130 e. The Balaban J connectivity index is 1.67. The third kappa shape index (κ3) is 3.61. The molecule has 152 valence electrons. The van der Waals surface area contributed by atoms with Crippen LogP contribution in [0, 0.1) is 0 Å². The fourth-order valence-electron chi connectivity index (χ4n) is 4.46. The van der Waals surface area contributed by atoms with Crippen LogP contribution in [0.3, 0.4) is 0 Å². The van der Waals surface area contributed by atoms with E-state index >= 15 is 0 Å². The van der Waals surface area contributed by atoms with Gasteiger partial charge in [0, 0.05) is 6.04 Å². The molecule has 5 aromatic rings. The summed E-state index contributed by atoms with van der Waals surface area (Å²) < 4.78 is 0. The van der Waals surface area contributed by atoms with E-state index in [-0.39, 0.29) is 0 Å². The van der Waals surface area contributed by atoms with E-state index in [0.29, 0.717) is 6.42 Å². The second-order valence-corrected chi connectivity index (χ2v) is 8.19. The van der Waals surface area contributed by atoms with Crippen molar-refractivity contribution >= 4 is 21.5 Å². The van der Waals surface area contributed by atoms with Crippen LogP contribution < -0.4 is 5.73 Å². The van der Waals surface area contributed by atoms with Gasteiger partial charge in [0.1, 0.15) is 5.60 Å². The van der Waals surface area contributed by atoms with E-state index in [0.717, 1.165) is 38.2 Å². The Morgan fingerprint density at radius 2 is 1.03 bits per heavy atom. The zero-order valence-corrected chi connectivity index (χ0v) is 17.3. The molecule has 0 fully saturated rings. The molecule has 0 bridgehead atoms. The van der Waals surface area contributed by atoms with Gasteiger partial charge in [-0.3, -0.25) is 0 Å². The zero-order chi connectivity index (χ0) is 21.3. The Kier molecular flexibility index (Phi) is 5.03. The molecular weight excluding hydrogens is 378 g/mol. The first kappa shape index (κ1) is 19.5. The number of nitrogens with two attached hydrogens (primary N) is 1. The summed E-state index contributed by atoms with van der Waals surface area (Å²) in [5, 5.41) is 16.7. The van der Waals surface area contributed by atoms with Gasteiger partial charge in [-0.2, -0.15) is 0 Å². The van der Waals surface area contributed by atoms with E-state index in [1.165, 1.54) is 0 Å². The molecule has 0 aliphatic carbocycles. The molecule has 0 heterocycles. The van der Waals surface area contributed by atoms with Crippen LogP contribution in [0.1, 0.15) is 16.7 Å². The number of rotatable bonds is 5. The van der Waals surface area contributed by atoms with Gasteiger partial charge in [-0.15, -0.1) is 0 Å².